The van der Waals surface area contributed by atoms with Gasteiger partial charge in [-0.3, -0.25) is 0 Å². The predicted octanol–water partition coefficient (Wildman–Crippen LogP) is 3.46. The van der Waals surface area contributed by atoms with Gasteiger partial charge in [-0.1, -0.05) is 6.07 Å². The average molecular weight is 393 g/mol. The summed E-state index contributed by atoms with van der Waals surface area (Å²) in [6.45, 7) is 6.30. The third-order valence-electron chi connectivity index (χ3n) is 5.95. The van der Waals surface area contributed by atoms with E-state index in [0.29, 0.717) is 12.0 Å². The van der Waals surface area contributed by atoms with E-state index in [4.69, 9.17) is 14.8 Å². The number of nitrogens with zero attached hydrogens (tertiary/aromatic N) is 4. The van der Waals surface area contributed by atoms with Crippen LogP contribution in [0.2, 0.25) is 0 Å². The Hall–Kier alpha value is -2.67. The number of hydrogen-bond acceptors (Lipinski definition) is 6. The molecular formula is C22H28N6O. The second kappa shape index (κ2) is 7.30. The summed E-state index contributed by atoms with van der Waals surface area (Å²) in [6.07, 6.45) is 6.57. The summed E-state index contributed by atoms with van der Waals surface area (Å²) in [6, 6.07) is 4.60. The van der Waals surface area contributed by atoms with Gasteiger partial charge in [0.15, 0.2) is 5.65 Å². The highest BCUT2D eigenvalue weighted by Crippen LogP contribution is 2.43. The van der Waals surface area contributed by atoms with Gasteiger partial charge in [0, 0.05) is 24.6 Å². The number of pyridine rings is 1. The zero-order valence-corrected chi connectivity index (χ0v) is 17.3. The van der Waals surface area contributed by atoms with Crippen molar-refractivity contribution in [3.8, 4) is 17.1 Å². The van der Waals surface area contributed by atoms with Crippen molar-refractivity contribution in [2.75, 3.05) is 25.5 Å². The summed E-state index contributed by atoms with van der Waals surface area (Å²) in [5.74, 6) is 2.27. The van der Waals surface area contributed by atoms with Crippen molar-refractivity contribution < 1.29 is 4.74 Å². The number of nitrogens with one attached hydrogen (secondary N) is 2. The molecule has 1 aliphatic heterocycles. The van der Waals surface area contributed by atoms with Crippen LogP contribution in [0.3, 0.4) is 0 Å². The first kappa shape index (κ1) is 18.4. The molecule has 1 unspecified atom stereocenters. The van der Waals surface area contributed by atoms with E-state index in [9.17, 15) is 0 Å². The molecule has 152 valence electrons. The monoisotopic (exact) mass is 392 g/mol. The SMILES string of the molecule is COc1cc2ncc(-c3nc(NC4CCCNC4)c(C)cc3C)n2nc1C1CC1. The van der Waals surface area contributed by atoms with Crippen LogP contribution in [0.4, 0.5) is 5.82 Å². The molecule has 5 rings (SSSR count). The van der Waals surface area contributed by atoms with Gasteiger partial charge in [0.1, 0.15) is 23.0 Å². The fraction of sp³-hybridized carbons (Fsp3) is 0.500. The van der Waals surface area contributed by atoms with Crippen LogP contribution in [0.15, 0.2) is 18.3 Å². The number of imidazole rings is 1. The van der Waals surface area contributed by atoms with Gasteiger partial charge in [-0.2, -0.15) is 5.10 Å². The molecule has 2 fully saturated rings. The molecule has 1 saturated carbocycles. The Balaban J connectivity index is 1.57. The third kappa shape index (κ3) is 3.44. The Morgan fingerprint density at radius 2 is 2.03 bits per heavy atom. The number of hydrogen-bond donors (Lipinski definition) is 2. The molecule has 2 N–H and O–H groups in total. The van der Waals surface area contributed by atoms with Crippen molar-refractivity contribution in [2.45, 2.75) is 51.5 Å². The first-order valence-corrected chi connectivity index (χ1v) is 10.5. The summed E-state index contributed by atoms with van der Waals surface area (Å²) in [4.78, 5) is 9.60. The maximum atomic E-state index is 5.57. The average Bonchev–Trinajstić information content (AvgIpc) is 3.50. The Labute approximate surface area is 170 Å². The summed E-state index contributed by atoms with van der Waals surface area (Å²) >= 11 is 0. The highest BCUT2D eigenvalue weighted by molar-refractivity contribution is 5.67. The van der Waals surface area contributed by atoms with Crippen LogP contribution in [0, 0.1) is 13.8 Å². The fourth-order valence-electron chi connectivity index (χ4n) is 4.20. The Morgan fingerprint density at radius 1 is 1.17 bits per heavy atom. The van der Waals surface area contributed by atoms with E-state index in [-0.39, 0.29) is 0 Å². The van der Waals surface area contributed by atoms with E-state index in [1.165, 1.54) is 31.2 Å². The van der Waals surface area contributed by atoms with Crippen LogP contribution >= 0.6 is 0 Å². The number of rotatable bonds is 5. The van der Waals surface area contributed by atoms with Gasteiger partial charge in [-0.25, -0.2) is 14.5 Å². The van der Waals surface area contributed by atoms with Crippen molar-refractivity contribution in [3.05, 3.63) is 35.2 Å². The molecule has 7 nitrogen and oxygen atoms in total. The number of piperidine rings is 1. The van der Waals surface area contributed by atoms with Crippen LogP contribution in [-0.2, 0) is 0 Å². The highest BCUT2D eigenvalue weighted by atomic mass is 16.5. The minimum atomic E-state index is 0.413. The molecule has 1 atom stereocenters. The summed E-state index contributed by atoms with van der Waals surface area (Å²) < 4.78 is 7.49. The van der Waals surface area contributed by atoms with Gasteiger partial charge in [0.25, 0.3) is 0 Å². The molecule has 4 heterocycles. The topological polar surface area (TPSA) is 76.4 Å². The molecule has 29 heavy (non-hydrogen) atoms. The number of aryl methyl sites for hydroxylation is 2. The lowest BCUT2D eigenvalue weighted by molar-refractivity contribution is 0.405. The van der Waals surface area contributed by atoms with E-state index < -0.39 is 0 Å². The van der Waals surface area contributed by atoms with Crippen LogP contribution in [0.25, 0.3) is 17.0 Å². The van der Waals surface area contributed by atoms with Crippen molar-refractivity contribution in [2.24, 2.45) is 0 Å². The Kier molecular flexibility index (Phi) is 4.62. The normalized spacial score (nSPS) is 19.5. The van der Waals surface area contributed by atoms with Crippen LogP contribution in [0.1, 0.15) is 48.4 Å². The summed E-state index contributed by atoms with van der Waals surface area (Å²) in [5, 5.41) is 12.0. The smallest absolute Gasteiger partial charge is 0.157 e. The van der Waals surface area contributed by atoms with E-state index in [0.717, 1.165) is 52.9 Å². The van der Waals surface area contributed by atoms with Gasteiger partial charge in [0.05, 0.1) is 19.0 Å². The Morgan fingerprint density at radius 3 is 2.76 bits per heavy atom. The standard InChI is InChI=1S/C22H28N6O/c1-13-9-14(2)22(25-16-5-4-8-23-11-16)26-20(13)17-12-24-19-10-18(29-3)21(15-6-7-15)27-28(17)19/h9-10,12,15-16,23H,4-8,11H2,1-3H3,(H,25,26). The second-order valence-electron chi connectivity index (χ2n) is 8.29. The van der Waals surface area contributed by atoms with Crippen molar-refractivity contribution in [1.29, 1.82) is 0 Å². The molecule has 0 spiro atoms. The zero-order chi connectivity index (χ0) is 20.0. The molecule has 0 amide bonds. The summed E-state index contributed by atoms with van der Waals surface area (Å²) in [7, 11) is 1.70. The lowest BCUT2D eigenvalue weighted by atomic mass is 10.1. The molecule has 0 radical (unpaired) electrons. The van der Waals surface area contributed by atoms with Crippen molar-refractivity contribution in [1.82, 2.24) is 24.9 Å². The van der Waals surface area contributed by atoms with Gasteiger partial charge in [0.2, 0.25) is 0 Å². The molecular weight excluding hydrogens is 364 g/mol. The van der Waals surface area contributed by atoms with Gasteiger partial charge in [-0.15, -0.1) is 0 Å². The molecule has 3 aromatic rings. The van der Waals surface area contributed by atoms with E-state index >= 15 is 0 Å². The third-order valence-corrected chi connectivity index (χ3v) is 5.95. The second-order valence-corrected chi connectivity index (χ2v) is 8.29. The maximum absolute atomic E-state index is 5.57. The van der Waals surface area contributed by atoms with Crippen molar-refractivity contribution >= 4 is 11.5 Å². The molecule has 1 saturated heterocycles. The number of aromatic nitrogens is 4. The lowest BCUT2D eigenvalue weighted by Gasteiger charge is -2.25. The fourth-order valence-corrected chi connectivity index (χ4v) is 4.20. The van der Waals surface area contributed by atoms with E-state index in [1.807, 2.05) is 16.8 Å². The van der Waals surface area contributed by atoms with E-state index in [1.54, 1.807) is 7.11 Å². The molecule has 3 aromatic heterocycles. The molecule has 0 aromatic carbocycles. The lowest BCUT2D eigenvalue weighted by Crippen LogP contribution is -2.38. The summed E-state index contributed by atoms with van der Waals surface area (Å²) in [5.41, 5.74) is 5.95. The van der Waals surface area contributed by atoms with Crippen LogP contribution < -0.4 is 15.4 Å². The quantitative estimate of drug-likeness (QED) is 0.693. The van der Waals surface area contributed by atoms with Gasteiger partial charge < -0.3 is 15.4 Å². The minimum absolute atomic E-state index is 0.413. The molecule has 2 aliphatic rings. The molecule has 0 bridgehead atoms. The van der Waals surface area contributed by atoms with Crippen LogP contribution in [0.5, 0.6) is 5.75 Å². The molecule has 7 heteroatoms. The Bertz CT molecular complexity index is 1050. The zero-order valence-electron chi connectivity index (χ0n) is 17.3. The largest absolute Gasteiger partial charge is 0.495 e. The van der Waals surface area contributed by atoms with Crippen LogP contribution in [-0.4, -0.2) is 45.8 Å². The van der Waals surface area contributed by atoms with E-state index in [2.05, 4.69) is 35.5 Å². The number of anilines is 1. The number of methoxy groups -OCH3 is 1. The number of ether oxygens (including phenoxy) is 1. The minimum Gasteiger partial charge on any atom is -0.495 e. The predicted molar refractivity (Wildman–Crippen MR) is 114 cm³/mol. The maximum Gasteiger partial charge on any atom is 0.157 e. The first-order chi connectivity index (χ1) is 14.1. The highest BCUT2D eigenvalue weighted by Gasteiger charge is 2.30. The number of fused-ring (bicyclic) bond motifs is 1. The van der Waals surface area contributed by atoms with Crippen molar-refractivity contribution in [3.63, 3.8) is 0 Å². The van der Waals surface area contributed by atoms with Gasteiger partial charge in [-0.05, 0) is 57.2 Å². The first-order valence-electron chi connectivity index (χ1n) is 10.5. The molecule has 1 aliphatic carbocycles. The van der Waals surface area contributed by atoms with Gasteiger partial charge >= 0.3 is 0 Å².